The SMILES string of the molecule is O=C(Nc1cccc(CO)c1)C1=COCCC1. The summed E-state index contributed by atoms with van der Waals surface area (Å²) in [5.41, 5.74) is 2.12. The summed E-state index contributed by atoms with van der Waals surface area (Å²) in [4.78, 5) is 11.8. The fourth-order valence-electron chi connectivity index (χ4n) is 1.69. The maximum atomic E-state index is 11.8. The lowest BCUT2D eigenvalue weighted by molar-refractivity contribution is -0.113. The molecule has 2 rings (SSSR count). The summed E-state index contributed by atoms with van der Waals surface area (Å²) in [5, 5.41) is 11.8. The van der Waals surface area contributed by atoms with Gasteiger partial charge < -0.3 is 15.2 Å². The van der Waals surface area contributed by atoms with Crippen molar-refractivity contribution in [1.29, 1.82) is 0 Å². The van der Waals surface area contributed by atoms with Crippen molar-refractivity contribution in [3.63, 3.8) is 0 Å². The number of nitrogens with one attached hydrogen (secondary N) is 1. The second-order valence-corrected chi connectivity index (χ2v) is 3.93. The van der Waals surface area contributed by atoms with Crippen LogP contribution in [0.25, 0.3) is 0 Å². The highest BCUT2D eigenvalue weighted by molar-refractivity contribution is 6.03. The third-order valence-corrected chi connectivity index (χ3v) is 2.59. The van der Waals surface area contributed by atoms with Crippen LogP contribution >= 0.6 is 0 Å². The number of benzene rings is 1. The lowest BCUT2D eigenvalue weighted by Gasteiger charge is -2.13. The molecule has 0 atom stereocenters. The van der Waals surface area contributed by atoms with E-state index in [2.05, 4.69) is 5.32 Å². The van der Waals surface area contributed by atoms with Gasteiger partial charge in [-0.25, -0.2) is 0 Å². The van der Waals surface area contributed by atoms with E-state index in [4.69, 9.17) is 9.84 Å². The van der Waals surface area contributed by atoms with E-state index < -0.39 is 0 Å². The molecule has 17 heavy (non-hydrogen) atoms. The highest BCUT2D eigenvalue weighted by Crippen LogP contribution is 2.16. The summed E-state index contributed by atoms with van der Waals surface area (Å²) in [6, 6.07) is 7.15. The van der Waals surface area contributed by atoms with Crippen molar-refractivity contribution in [2.24, 2.45) is 0 Å². The van der Waals surface area contributed by atoms with Crippen molar-refractivity contribution in [1.82, 2.24) is 0 Å². The molecule has 1 aliphatic heterocycles. The van der Waals surface area contributed by atoms with Gasteiger partial charge in [0.15, 0.2) is 0 Å². The number of ether oxygens (including phenoxy) is 1. The smallest absolute Gasteiger partial charge is 0.254 e. The van der Waals surface area contributed by atoms with Crippen molar-refractivity contribution >= 4 is 11.6 Å². The molecule has 0 unspecified atom stereocenters. The third kappa shape index (κ3) is 3.07. The molecule has 1 aliphatic rings. The highest BCUT2D eigenvalue weighted by atomic mass is 16.5. The number of hydrogen-bond donors (Lipinski definition) is 2. The van der Waals surface area contributed by atoms with Crippen LogP contribution in [0.2, 0.25) is 0 Å². The van der Waals surface area contributed by atoms with Gasteiger partial charge >= 0.3 is 0 Å². The van der Waals surface area contributed by atoms with Crippen LogP contribution in [0.1, 0.15) is 18.4 Å². The minimum Gasteiger partial charge on any atom is -0.501 e. The van der Waals surface area contributed by atoms with Gasteiger partial charge in [-0.15, -0.1) is 0 Å². The number of anilines is 1. The lowest BCUT2D eigenvalue weighted by atomic mass is 10.1. The monoisotopic (exact) mass is 233 g/mol. The number of aliphatic hydroxyl groups is 1. The first-order chi connectivity index (χ1) is 8.29. The largest absolute Gasteiger partial charge is 0.501 e. The van der Waals surface area contributed by atoms with Crippen LogP contribution in [0, 0.1) is 0 Å². The predicted octanol–water partition coefficient (Wildman–Crippen LogP) is 1.81. The second-order valence-electron chi connectivity index (χ2n) is 3.93. The summed E-state index contributed by atoms with van der Waals surface area (Å²) >= 11 is 0. The first kappa shape index (κ1) is 11.7. The molecule has 0 saturated carbocycles. The van der Waals surface area contributed by atoms with Gasteiger partial charge in [0.05, 0.1) is 25.0 Å². The zero-order valence-electron chi connectivity index (χ0n) is 9.48. The Hall–Kier alpha value is -1.81. The molecular formula is C13H15NO3. The molecule has 0 radical (unpaired) electrons. The first-order valence-electron chi connectivity index (χ1n) is 5.61. The Morgan fingerprint density at radius 1 is 1.47 bits per heavy atom. The Morgan fingerprint density at radius 3 is 3.06 bits per heavy atom. The number of carbonyl (C=O) groups excluding carboxylic acids is 1. The fraction of sp³-hybridized carbons (Fsp3) is 0.308. The number of rotatable bonds is 3. The number of carbonyl (C=O) groups is 1. The third-order valence-electron chi connectivity index (χ3n) is 2.59. The summed E-state index contributed by atoms with van der Waals surface area (Å²) in [7, 11) is 0. The first-order valence-corrected chi connectivity index (χ1v) is 5.61. The Morgan fingerprint density at radius 2 is 2.35 bits per heavy atom. The molecule has 0 aliphatic carbocycles. The van der Waals surface area contributed by atoms with Crippen molar-refractivity contribution in [3.05, 3.63) is 41.7 Å². The van der Waals surface area contributed by atoms with Crippen LogP contribution in [0.15, 0.2) is 36.1 Å². The van der Waals surface area contributed by atoms with E-state index in [9.17, 15) is 4.79 Å². The van der Waals surface area contributed by atoms with E-state index >= 15 is 0 Å². The van der Waals surface area contributed by atoms with Crippen LogP contribution < -0.4 is 5.32 Å². The molecule has 1 heterocycles. The summed E-state index contributed by atoms with van der Waals surface area (Å²) in [5.74, 6) is -0.139. The van der Waals surface area contributed by atoms with Gasteiger partial charge in [-0.2, -0.15) is 0 Å². The summed E-state index contributed by atoms with van der Waals surface area (Å²) < 4.78 is 5.12. The van der Waals surface area contributed by atoms with Crippen LogP contribution in [0.3, 0.4) is 0 Å². The molecule has 4 nitrogen and oxygen atoms in total. The molecule has 0 saturated heterocycles. The molecule has 2 N–H and O–H groups in total. The zero-order chi connectivity index (χ0) is 12.1. The topological polar surface area (TPSA) is 58.6 Å². The molecular weight excluding hydrogens is 218 g/mol. The van der Waals surface area contributed by atoms with Gasteiger partial charge in [-0.05, 0) is 30.5 Å². The van der Waals surface area contributed by atoms with E-state index in [1.165, 1.54) is 6.26 Å². The van der Waals surface area contributed by atoms with E-state index in [0.29, 0.717) is 17.9 Å². The maximum Gasteiger partial charge on any atom is 0.254 e. The molecule has 1 amide bonds. The van der Waals surface area contributed by atoms with E-state index in [0.717, 1.165) is 18.4 Å². The Kier molecular flexibility index (Phi) is 3.77. The molecule has 1 aromatic rings. The van der Waals surface area contributed by atoms with Gasteiger partial charge in [0, 0.05) is 5.69 Å². The van der Waals surface area contributed by atoms with Gasteiger partial charge in [-0.1, -0.05) is 12.1 Å². The lowest BCUT2D eigenvalue weighted by Crippen LogP contribution is -2.17. The van der Waals surface area contributed by atoms with Crippen LogP contribution in [0.4, 0.5) is 5.69 Å². The van der Waals surface area contributed by atoms with Crippen molar-refractivity contribution < 1.29 is 14.6 Å². The second kappa shape index (κ2) is 5.50. The zero-order valence-corrected chi connectivity index (χ0v) is 9.48. The average molecular weight is 233 g/mol. The highest BCUT2D eigenvalue weighted by Gasteiger charge is 2.13. The quantitative estimate of drug-likeness (QED) is 0.837. The number of amides is 1. The molecule has 0 aromatic heterocycles. The van der Waals surface area contributed by atoms with E-state index in [1.807, 2.05) is 0 Å². The van der Waals surface area contributed by atoms with Gasteiger partial charge in [-0.3, -0.25) is 4.79 Å². The maximum absolute atomic E-state index is 11.8. The molecule has 0 bridgehead atoms. The summed E-state index contributed by atoms with van der Waals surface area (Å²) in [6.07, 6.45) is 3.14. The van der Waals surface area contributed by atoms with Crippen molar-refractivity contribution in [3.8, 4) is 0 Å². The Labute approximate surface area is 99.9 Å². The minimum atomic E-state index is -0.139. The molecule has 4 heteroatoms. The van der Waals surface area contributed by atoms with Crippen molar-refractivity contribution in [2.75, 3.05) is 11.9 Å². The fourth-order valence-corrected chi connectivity index (χ4v) is 1.69. The normalized spacial score (nSPS) is 14.8. The van der Waals surface area contributed by atoms with E-state index in [-0.39, 0.29) is 12.5 Å². The Balaban J connectivity index is 2.04. The number of aliphatic hydroxyl groups excluding tert-OH is 1. The molecule has 90 valence electrons. The molecule has 1 aromatic carbocycles. The van der Waals surface area contributed by atoms with Gasteiger partial charge in [0.25, 0.3) is 5.91 Å². The standard InChI is InChI=1S/C13H15NO3/c15-8-10-3-1-5-12(7-10)14-13(16)11-4-2-6-17-9-11/h1,3,5,7,9,15H,2,4,6,8H2,(H,14,16). The molecule has 0 spiro atoms. The van der Waals surface area contributed by atoms with E-state index in [1.54, 1.807) is 24.3 Å². The average Bonchev–Trinajstić information content (AvgIpc) is 2.40. The minimum absolute atomic E-state index is 0.0322. The van der Waals surface area contributed by atoms with Gasteiger partial charge in [0.1, 0.15) is 0 Å². The Bertz CT molecular complexity index is 440. The van der Waals surface area contributed by atoms with Crippen LogP contribution in [-0.4, -0.2) is 17.6 Å². The molecule has 0 fully saturated rings. The number of hydrogen-bond acceptors (Lipinski definition) is 3. The predicted molar refractivity (Wildman–Crippen MR) is 64.3 cm³/mol. The summed E-state index contributed by atoms with van der Waals surface area (Å²) in [6.45, 7) is 0.645. The van der Waals surface area contributed by atoms with Crippen molar-refractivity contribution in [2.45, 2.75) is 19.4 Å². The van der Waals surface area contributed by atoms with Crippen LogP contribution in [-0.2, 0) is 16.1 Å². The van der Waals surface area contributed by atoms with Crippen LogP contribution in [0.5, 0.6) is 0 Å². The van der Waals surface area contributed by atoms with Gasteiger partial charge in [0.2, 0.25) is 0 Å².